The predicted octanol–water partition coefficient (Wildman–Crippen LogP) is 4.29. The fraction of sp³-hybridized carbons (Fsp3) is 0.920. The second-order valence-corrected chi connectivity index (χ2v) is 11.2. The Morgan fingerprint density at radius 2 is 1.90 bits per heavy atom. The van der Waals surface area contributed by atoms with Crippen molar-refractivity contribution in [2.75, 3.05) is 26.9 Å². The van der Waals surface area contributed by atoms with Crippen molar-refractivity contribution in [1.82, 2.24) is 4.90 Å². The molecule has 8 atom stereocenters. The normalized spacial score (nSPS) is 45.5. The van der Waals surface area contributed by atoms with Crippen LogP contribution in [0.25, 0.3) is 0 Å². The van der Waals surface area contributed by atoms with E-state index in [9.17, 15) is 9.59 Å². The van der Waals surface area contributed by atoms with Gasteiger partial charge in [0.15, 0.2) is 0 Å². The molecule has 30 heavy (non-hydrogen) atoms. The summed E-state index contributed by atoms with van der Waals surface area (Å²) in [4.78, 5) is 26.1. The van der Waals surface area contributed by atoms with Crippen LogP contribution >= 0.6 is 0 Å². The molecule has 1 aliphatic heterocycles. The standard InChI is InChI=1S/C25H41NO4/c1-6-30-23(28)15-29-14-20-16(2)13-19-17-7-8-21-25(4,12-10-22(27)26(21)5)18(17)9-11-24(19,20)3/h16-21H,6-15H2,1-5H3/t16?,17-,18-,19+,20?,21?,24+,25-/m1/s1. The van der Waals surface area contributed by atoms with E-state index in [1.165, 1.54) is 25.7 Å². The fourth-order valence-electron chi connectivity index (χ4n) is 8.44. The maximum Gasteiger partial charge on any atom is 0.332 e. The minimum absolute atomic E-state index is 0.0734. The van der Waals surface area contributed by atoms with Gasteiger partial charge in [0.25, 0.3) is 0 Å². The van der Waals surface area contributed by atoms with Crippen LogP contribution in [0.1, 0.15) is 72.6 Å². The molecule has 5 heteroatoms. The first kappa shape index (κ1) is 22.1. The molecule has 4 aliphatic rings. The summed E-state index contributed by atoms with van der Waals surface area (Å²) in [5.41, 5.74) is 0.573. The van der Waals surface area contributed by atoms with Crippen LogP contribution in [0.15, 0.2) is 0 Å². The lowest BCUT2D eigenvalue weighted by atomic mass is 9.47. The molecule has 3 unspecified atom stereocenters. The minimum atomic E-state index is -0.254. The van der Waals surface area contributed by atoms with Crippen LogP contribution in [-0.2, 0) is 19.1 Å². The zero-order valence-electron chi connectivity index (χ0n) is 19.6. The Morgan fingerprint density at radius 1 is 1.13 bits per heavy atom. The molecule has 1 saturated heterocycles. The largest absolute Gasteiger partial charge is 0.464 e. The third-order valence-electron chi connectivity index (χ3n) is 9.98. The molecule has 1 amide bonds. The van der Waals surface area contributed by atoms with Crippen molar-refractivity contribution >= 4 is 11.9 Å². The maximum atomic E-state index is 12.3. The number of esters is 1. The summed E-state index contributed by atoms with van der Waals surface area (Å²) < 4.78 is 10.9. The van der Waals surface area contributed by atoms with Crippen molar-refractivity contribution in [1.29, 1.82) is 0 Å². The van der Waals surface area contributed by atoms with Gasteiger partial charge in [0.05, 0.1) is 13.2 Å². The molecule has 1 heterocycles. The SMILES string of the molecule is CCOC(=O)COCC1C(C)C[C@H]2[C@@H]3CCC4N(C)C(=O)CC[C@]4(C)[C@@H]3CC[C@]12C. The van der Waals surface area contributed by atoms with Crippen LogP contribution < -0.4 is 0 Å². The van der Waals surface area contributed by atoms with Gasteiger partial charge in [-0.3, -0.25) is 4.79 Å². The monoisotopic (exact) mass is 419 g/mol. The van der Waals surface area contributed by atoms with Gasteiger partial charge < -0.3 is 14.4 Å². The highest BCUT2D eigenvalue weighted by Gasteiger charge is 2.62. The van der Waals surface area contributed by atoms with Gasteiger partial charge in [0, 0.05) is 19.5 Å². The summed E-state index contributed by atoms with van der Waals surface area (Å²) in [6, 6.07) is 0.423. The van der Waals surface area contributed by atoms with E-state index in [-0.39, 0.29) is 18.0 Å². The highest BCUT2D eigenvalue weighted by atomic mass is 16.6. The molecule has 0 aromatic rings. The van der Waals surface area contributed by atoms with E-state index in [2.05, 4.69) is 25.7 Å². The van der Waals surface area contributed by atoms with E-state index in [0.29, 0.717) is 42.4 Å². The third kappa shape index (κ3) is 3.40. The number of amides is 1. The summed E-state index contributed by atoms with van der Waals surface area (Å²) >= 11 is 0. The van der Waals surface area contributed by atoms with E-state index in [0.717, 1.165) is 37.0 Å². The Hall–Kier alpha value is -1.10. The van der Waals surface area contributed by atoms with E-state index in [1.807, 2.05) is 14.0 Å². The minimum Gasteiger partial charge on any atom is -0.464 e. The van der Waals surface area contributed by atoms with E-state index in [1.54, 1.807) is 0 Å². The van der Waals surface area contributed by atoms with Gasteiger partial charge in [-0.1, -0.05) is 20.8 Å². The number of piperidine rings is 1. The van der Waals surface area contributed by atoms with Crippen LogP contribution in [0.5, 0.6) is 0 Å². The van der Waals surface area contributed by atoms with Crippen LogP contribution in [0.4, 0.5) is 0 Å². The molecule has 0 aromatic heterocycles. The summed E-state index contributed by atoms with van der Waals surface area (Å²) in [5.74, 6) is 3.46. The van der Waals surface area contributed by atoms with Crippen LogP contribution in [0.2, 0.25) is 0 Å². The quantitative estimate of drug-likeness (QED) is 0.624. The van der Waals surface area contributed by atoms with Gasteiger partial charge in [-0.2, -0.15) is 0 Å². The van der Waals surface area contributed by atoms with Gasteiger partial charge in [-0.15, -0.1) is 0 Å². The zero-order valence-corrected chi connectivity index (χ0v) is 19.6. The highest BCUT2D eigenvalue weighted by molar-refractivity contribution is 5.77. The number of hydrogen-bond acceptors (Lipinski definition) is 4. The molecule has 5 nitrogen and oxygen atoms in total. The Kier molecular flexibility index (Phi) is 5.97. The summed E-state index contributed by atoms with van der Waals surface area (Å²) in [7, 11) is 2.03. The van der Waals surface area contributed by atoms with Crippen molar-refractivity contribution in [2.45, 2.75) is 78.7 Å². The second kappa shape index (κ2) is 8.11. The molecule has 0 N–H and O–H groups in total. The van der Waals surface area contributed by atoms with E-state index in [4.69, 9.17) is 9.47 Å². The molecular weight excluding hydrogens is 378 g/mol. The van der Waals surface area contributed by atoms with Gasteiger partial charge in [0.2, 0.25) is 5.91 Å². The number of carbonyl (C=O) groups excluding carboxylic acids is 2. The summed E-state index contributed by atoms with van der Waals surface area (Å²) in [5, 5.41) is 0. The van der Waals surface area contributed by atoms with Gasteiger partial charge in [-0.05, 0) is 85.9 Å². The average Bonchev–Trinajstić information content (AvgIpc) is 2.96. The van der Waals surface area contributed by atoms with Crippen LogP contribution in [0, 0.1) is 40.4 Å². The van der Waals surface area contributed by atoms with E-state index < -0.39 is 0 Å². The maximum absolute atomic E-state index is 12.3. The molecule has 0 radical (unpaired) electrons. The van der Waals surface area contributed by atoms with Crippen LogP contribution in [0.3, 0.4) is 0 Å². The van der Waals surface area contributed by atoms with E-state index >= 15 is 0 Å². The van der Waals surface area contributed by atoms with Crippen molar-refractivity contribution in [3.8, 4) is 0 Å². The van der Waals surface area contributed by atoms with Crippen molar-refractivity contribution in [3.63, 3.8) is 0 Å². The lowest BCUT2D eigenvalue weighted by Crippen LogP contribution is -2.61. The lowest BCUT2D eigenvalue weighted by molar-refractivity contribution is -0.159. The molecule has 170 valence electrons. The van der Waals surface area contributed by atoms with Crippen LogP contribution in [-0.4, -0.2) is 49.7 Å². The molecule has 0 aromatic carbocycles. The second-order valence-electron chi connectivity index (χ2n) is 11.2. The number of ether oxygens (including phenoxy) is 2. The Morgan fingerprint density at radius 3 is 2.63 bits per heavy atom. The predicted molar refractivity (Wildman–Crippen MR) is 116 cm³/mol. The first-order valence-electron chi connectivity index (χ1n) is 12.2. The first-order valence-corrected chi connectivity index (χ1v) is 12.2. The number of hydrogen-bond donors (Lipinski definition) is 0. The molecule has 4 fully saturated rings. The first-order chi connectivity index (χ1) is 14.2. The number of likely N-dealkylation sites (tertiary alicyclic amines) is 1. The molecule has 3 aliphatic carbocycles. The summed E-state index contributed by atoms with van der Waals surface area (Å²) in [6.07, 6.45) is 7.99. The fourth-order valence-corrected chi connectivity index (χ4v) is 8.44. The molecule has 3 saturated carbocycles. The topological polar surface area (TPSA) is 55.8 Å². The Labute approximate surface area is 182 Å². The summed E-state index contributed by atoms with van der Waals surface area (Å²) in [6.45, 7) is 10.4. The van der Waals surface area contributed by atoms with Gasteiger partial charge >= 0.3 is 5.97 Å². The van der Waals surface area contributed by atoms with Crippen molar-refractivity contribution in [3.05, 3.63) is 0 Å². The Bertz CT molecular complexity index is 680. The molecule has 0 bridgehead atoms. The molecule has 0 spiro atoms. The zero-order chi connectivity index (χ0) is 21.7. The molecule has 4 rings (SSSR count). The smallest absolute Gasteiger partial charge is 0.332 e. The van der Waals surface area contributed by atoms with Crippen molar-refractivity contribution in [2.24, 2.45) is 40.4 Å². The number of fused-ring (bicyclic) bond motifs is 5. The number of rotatable bonds is 5. The Balaban J connectivity index is 1.48. The number of carbonyl (C=O) groups is 2. The van der Waals surface area contributed by atoms with Gasteiger partial charge in [0.1, 0.15) is 6.61 Å². The van der Waals surface area contributed by atoms with Gasteiger partial charge in [-0.25, -0.2) is 4.79 Å². The van der Waals surface area contributed by atoms with Crippen molar-refractivity contribution < 1.29 is 19.1 Å². The number of nitrogens with zero attached hydrogens (tertiary/aromatic N) is 1. The average molecular weight is 420 g/mol. The highest BCUT2D eigenvalue weighted by Crippen LogP contribution is 2.67. The third-order valence-corrected chi connectivity index (χ3v) is 9.98. The molecular formula is C25H41NO4. The lowest BCUT2D eigenvalue weighted by Gasteiger charge is -2.61.